The third-order valence-corrected chi connectivity index (χ3v) is 4.96. The largest absolute Gasteiger partial charge is 0.470 e. The van der Waals surface area contributed by atoms with Crippen LogP contribution in [-0.2, 0) is 16.0 Å². The van der Waals surface area contributed by atoms with E-state index in [9.17, 15) is 4.79 Å². The van der Waals surface area contributed by atoms with Gasteiger partial charge in [-0.3, -0.25) is 4.79 Å². The van der Waals surface area contributed by atoms with Crippen LogP contribution in [0.15, 0.2) is 36.7 Å². The Morgan fingerprint density at radius 3 is 3.04 bits per heavy atom. The number of fused-ring (bicyclic) bond motifs is 1. The fourth-order valence-electron chi connectivity index (χ4n) is 3.64. The van der Waals surface area contributed by atoms with Crippen molar-refractivity contribution in [3.63, 3.8) is 0 Å². The molecule has 2 aliphatic rings. The van der Waals surface area contributed by atoms with Gasteiger partial charge in [-0.1, -0.05) is 24.3 Å². The van der Waals surface area contributed by atoms with Crippen molar-refractivity contribution in [2.45, 2.75) is 31.5 Å². The van der Waals surface area contributed by atoms with Gasteiger partial charge in [-0.05, 0) is 30.4 Å². The maximum Gasteiger partial charge on any atom is 0.256 e. The predicted octanol–water partition coefficient (Wildman–Crippen LogP) is 2.03. The lowest BCUT2D eigenvalue weighted by atomic mass is 9.96. The van der Waals surface area contributed by atoms with Gasteiger partial charge in [-0.2, -0.15) is 5.26 Å². The minimum atomic E-state index is -0.556. The van der Waals surface area contributed by atoms with E-state index in [1.165, 1.54) is 18.0 Å². The van der Waals surface area contributed by atoms with Crippen molar-refractivity contribution in [2.75, 3.05) is 19.7 Å². The van der Waals surface area contributed by atoms with E-state index in [2.05, 4.69) is 16.0 Å². The summed E-state index contributed by atoms with van der Waals surface area (Å²) in [4.78, 5) is 23.0. The van der Waals surface area contributed by atoms with Crippen LogP contribution >= 0.6 is 0 Å². The van der Waals surface area contributed by atoms with Crippen LogP contribution < -0.4 is 4.74 Å². The minimum Gasteiger partial charge on any atom is -0.470 e. The fourth-order valence-corrected chi connectivity index (χ4v) is 3.64. The van der Waals surface area contributed by atoms with E-state index in [0.717, 1.165) is 24.8 Å². The molecule has 2 aromatic rings. The first kappa shape index (κ1) is 17.4. The first-order valence-electron chi connectivity index (χ1n) is 9.12. The Labute approximate surface area is 157 Å². The molecular formula is C20H20N4O3. The molecule has 3 heterocycles. The van der Waals surface area contributed by atoms with Crippen LogP contribution in [0, 0.1) is 11.3 Å². The average molecular weight is 364 g/mol. The number of rotatable bonds is 3. The van der Waals surface area contributed by atoms with Gasteiger partial charge in [-0.25, -0.2) is 9.97 Å². The zero-order valence-corrected chi connectivity index (χ0v) is 14.9. The maximum absolute atomic E-state index is 13.1. The summed E-state index contributed by atoms with van der Waals surface area (Å²) in [5, 5.41) is 9.14. The molecule has 7 heteroatoms. The number of benzene rings is 1. The molecule has 0 unspecified atom stereocenters. The van der Waals surface area contributed by atoms with Gasteiger partial charge >= 0.3 is 0 Å². The molecule has 1 fully saturated rings. The highest BCUT2D eigenvalue weighted by Crippen LogP contribution is 2.30. The normalized spacial score (nSPS) is 21.8. The van der Waals surface area contributed by atoms with E-state index < -0.39 is 6.10 Å². The van der Waals surface area contributed by atoms with Crippen LogP contribution in [0.2, 0.25) is 0 Å². The lowest BCUT2D eigenvalue weighted by Crippen LogP contribution is -2.47. The van der Waals surface area contributed by atoms with Crippen LogP contribution in [-0.4, -0.2) is 46.6 Å². The molecule has 0 aliphatic carbocycles. The average Bonchev–Trinajstić information content (AvgIpc) is 2.73. The highest BCUT2D eigenvalue weighted by Gasteiger charge is 2.34. The molecule has 7 nitrogen and oxygen atoms in total. The summed E-state index contributed by atoms with van der Waals surface area (Å²) in [6.07, 6.45) is 4.63. The first-order chi connectivity index (χ1) is 13.3. The van der Waals surface area contributed by atoms with Gasteiger partial charge in [0.05, 0.1) is 13.2 Å². The van der Waals surface area contributed by atoms with Gasteiger partial charge < -0.3 is 14.4 Å². The predicted molar refractivity (Wildman–Crippen MR) is 95.8 cm³/mol. The van der Waals surface area contributed by atoms with Crippen molar-refractivity contribution in [2.24, 2.45) is 0 Å². The van der Waals surface area contributed by atoms with Crippen LogP contribution in [0.1, 0.15) is 35.8 Å². The second-order valence-corrected chi connectivity index (χ2v) is 6.69. The van der Waals surface area contributed by atoms with E-state index in [4.69, 9.17) is 14.7 Å². The number of likely N-dealkylation sites (tertiary alicyclic amines) is 1. The number of hydrogen-bond donors (Lipinski definition) is 0. The van der Waals surface area contributed by atoms with Crippen molar-refractivity contribution in [1.82, 2.24) is 14.9 Å². The van der Waals surface area contributed by atoms with Crippen molar-refractivity contribution < 1.29 is 14.3 Å². The number of hydrogen-bond acceptors (Lipinski definition) is 6. The summed E-state index contributed by atoms with van der Waals surface area (Å²) in [7, 11) is 0. The first-order valence-corrected chi connectivity index (χ1v) is 9.12. The molecule has 1 aromatic heterocycles. The van der Waals surface area contributed by atoms with E-state index >= 15 is 0 Å². The molecule has 1 aromatic carbocycles. The van der Waals surface area contributed by atoms with Gasteiger partial charge in [0.2, 0.25) is 5.69 Å². The summed E-state index contributed by atoms with van der Waals surface area (Å²) in [5.41, 5.74) is 2.29. The number of aromatic nitrogens is 2. The Bertz CT molecular complexity index is 880. The summed E-state index contributed by atoms with van der Waals surface area (Å²) in [6.45, 7) is 1.67. The monoisotopic (exact) mass is 364 g/mol. The molecule has 0 radical (unpaired) electrons. The number of nitrogens with zero attached hydrogens (tertiary/aromatic N) is 4. The number of piperidine rings is 1. The Kier molecular flexibility index (Phi) is 4.99. The molecule has 0 saturated carbocycles. The molecule has 0 N–H and O–H groups in total. The molecule has 0 bridgehead atoms. The smallest absolute Gasteiger partial charge is 0.256 e. The molecule has 1 amide bonds. The van der Waals surface area contributed by atoms with E-state index in [1.54, 1.807) is 4.90 Å². The molecule has 4 rings (SSSR count). The van der Waals surface area contributed by atoms with E-state index in [-0.39, 0.29) is 23.6 Å². The molecule has 1 saturated heterocycles. The molecule has 2 atom stereocenters. The molecule has 2 aliphatic heterocycles. The third-order valence-electron chi connectivity index (χ3n) is 4.96. The lowest BCUT2D eigenvalue weighted by molar-refractivity contribution is -0.147. The fraction of sp³-hybridized carbons (Fsp3) is 0.400. The summed E-state index contributed by atoms with van der Waals surface area (Å²) < 4.78 is 11.7. The standard InChI is InChI=1S/C20H20N4O3/c21-12-17-19(23-9-8-22-17)27-15-5-3-10-24(13-15)20(25)18-16-6-2-1-4-14(16)7-11-26-18/h1-2,4,6,8-9,15,18H,3,5,7,10-11,13H2/t15-,18+/m1/s1. The topological polar surface area (TPSA) is 88.3 Å². The third kappa shape index (κ3) is 3.62. The Morgan fingerprint density at radius 2 is 2.15 bits per heavy atom. The summed E-state index contributed by atoms with van der Waals surface area (Å²) in [5.74, 6) is 0.189. The molecule has 138 valence electrons. The van der Waals surface area contributed by atoms with Gasteiger partial charge in [-0.15, -0.1) is 0 Å². The number of amides is 1. The number of carbonyl (C=O) groups is 1. The van der Waals surface area contributed by atoms with Crippen molar-refractivity contribution in [3.8, 4) is 11.9 Å². The Morgan fingerprint density at radius 1 is 1.30 bits per heavy atom. The highest BCUT2D eigenvalue weighted by molar-refractivity contribution is 5.83. The minimum absolute atomic E-state index is 0.0323. The van der Waals surface area contributed by atoms with Crippen molar-refractivity contribution in [3.05, 3.63) is 53.5 Å². The van der Waals surface area contributed by atoms with Gasteiger partial charge in [0.15, 0.2) is 6.10 Å². The van der Waals surface area contributed by atoms with Crippen LogP contribution in [0.4, 0.5) is 0 Å². The van der Waals surface area contributed by atoms with Gasteiger partial charge in [0, 0.05) is 18.9 Å². The summed E-state index contributed by atoms with van der Waals surface area (Å²) >= 11 is 0. The maximum atomic E-state index is 13.1. The zero-order valence-electron chi connectivity index (χ0n) is 14.9. The van der Waals surface area contributed by atoms with Crippen LogP contribution in [0.3, 0.4) is 0 Å². The van der Waals surface area contributed by atoms with Crippen molar-refractivity contribution >= 4 is 5.91 Å². The van der Waals surface area contributed by atoms with Gasteiger partial charge in [0.25, 0.3) is 11.8 Å². The van der Waals surface area contributed by atoms with E-state index in [0.29, 0.717) is 19.7 Å². The number of nitriles is 1. The quantitative estimate of drug-likeness (QED) is 0.828. The van der Waals surface area contributed by atoms with Crippen LogP contribution in [0.25, 0.3) is 0 Å². The lowest BCUT2D eigenvalue weighted by Gasteiger charge is -2.36. The van der Waals surface area contributed by atoms with E-state index in [1.807, 2.05) is 24.3 Å². The number of ether oxygens (including phenoxy) is 2. The molecule has 0 spiro atoms. The second-order valence-electron chi connectivity index (χ2n) is 6.69. The molecular weight excluding hydrogens is 344 g/mol. The summed E-state index contributed by atoms with van der Waals surface area (Å²) in [6, 6.07) is 9.93. The zero-order chi connectivity index (χ0) is 18.6. The van der Waals surface area contributed by atoms with Gasteiger partial charge in [0.1, 0.15) is 12.2 Å². The van der Waals surface area contributed by atoms with Crippen molar-refractivity contribution in [1.29, 1.82) is 5.26 Å². The Hall–Kier alpha value is -2.98. The second kappa shape index (κ2) is 7.72. The van der Waals surface area contributed by atoms with Crippen LogP contribution in [0.5, 0.6) is 5.88 Å². The SMILES string of the molecule is N#Cc1nccnc1O[C@@H]1CCCN(C(=O)[C@H]2OCCc3ccccc32)C1. The molecule has 27 heavy (non-hydrogen) atoms. The number of carbonyl (C=O) groups excluding carboxylic acids is 1. The Balaban J connectivity index is 1.47. The highest BCUT2D eigenvalue weighted by atomic mass is 16.5.